The largest absolute Gasteiger partial charge is 0.423 e. The zero-order valence-electron chi connectivity index (χ0n) is 12.7. The Morgan fingerprint density at radius 2 is 1.83 bits per heavy atom. The molecule has 1 unspecified atom stereocenters. The highest BCUT2D eigenvalue weighted by Crippen LogP contribution is 2.24. The molecule has 1 atom stereocenters. The van der Waals surface area contributed by atoms with E-state index in [0.29, 0.717) is 16.5 Å². The molecular formula is C16H14ClN3O3S. The van der Waals surface area contributed by atoms with Gasteiger partial charge in [-0.1, -0.05) is 48.0 Å². The summed E-state index contributed by atoms with van der Waals surface area (Å²) in [6.07, 6.45) is 0. The van der Waals surface area contributed by atoms with Gasteiger partial charge in [0, 0.05) is 11.9 Å². The number of aromatic nitrogens is 2. The minimum atomic E-state index is -3.83. The van der Waals surface area contributed by atoms with Crippen LogP contribution in [0.3, 0.4) is 0 Å². The van der Waals surface area contributed by atoms with Crippen LogP contribution in [0.2, 0.25) is 5.02 Å². The summed E-state index contributed by atoms with van der Waals surface area (Å²) in [5, 5.41) is 8.06. The predicted octanol–water partition coefficient (Wildman–Crippen LogP) is 3.10. The fourth-order valence-electron chi connectivity index (χ4n) is 2.19. The van der Waals surface area contributed by atoms with E-state index < -0.39 is 16.1 Å². The molecule has 0 aliphatic rings. The summed E-state index contributed by atoms with van der Waals surface area (Å²) in [4.78, 5) is 0.0622. The predicted molar refractivity (Wildman–Crippen MR) is 89.1 cm³/mol. The van der Waals surface area contributed by atoms with Crippen LogP contribution in [0.25, 0.3) is 0 Å². The van der Waals surface area contributed by atoms with E-state index in [1.807, 2.05) is 6.07 Å². The van der Waals surface area contributed by atoms with Crippen LogP contribution in [-0.4, -0.2) is 18.6 Å². The summed E-state index contributed by atoms with van der Waals surface area (Å²) in [5.74, 6) is 0.525. The van der Waals surface area contributed by atoms with Crippen LogP contribution in [0.15, 0.2) is 63.9 Å². The number of benzene rings is 2. The SMILES string of the molecule is Cc1nnc(C(NS(=O)(=O)c2cccc(Cl)c2)c2ccccc2)o1. The maximum absolute atomic E-state index is 12.7. The molecule has 0 fully saturated rings. The standard InChI is InChI=1S/C16H14ClN3O3S/c1-11-18-19-16(23-11)15(12-6-3-2-4-7-12)20-24(21,22)14-9-5-8-13(17)10-14/h2-10,15,20H,1H3. The zero-order chi connectivity index (χ0) is 17.2. The minimum Gasteiger partial charge on any atom is -0.423 e. The number of aryl methyl sites for hydroxylation is 1. The first kappa shape index (κ1) is 16.6. The van der Waals surface area contributed by atoms with Gasteiger partial charge in [-0.3, -0.25) is 0 Å². The van der Waals surface area contributed by atoms with Gasteiger partial charge in [0.1, 0.15) is 6.04 Å². The average molecular weight is 364 g/mol. The van der Waals surface area contributed by atoms with Crippen LogP contribution in [-0.2, 0) is 10.0 Å². The van der Waals surface area contributed by atoms with E-state index in [2.05, 4.69) is 14.9 Å². The van der Waals surface area contributed by atoms with Crippen molar-refractivity contribution in [3.63, 3.8) is 0 Å². The highest BCUT2D eigenvalue weighted by atomic mass is 35.5. The molecule has 0 aliphatic carbocycles. The summed E-state index contributed by atoms with van der Waals surface area (Å²) in [7, 11) is -3.83. The van der Waals surface area contributed by atoms with Gasteiger partial charge in [0.2, 0.25) is 21.8 Å². The Labute approximate surface area is 144 Å². The Bertz CT molecular complexity index is 942. The summed E-state index contributed by atoms with van der Waals surface area (Å²) in [6, 6.07) is 14.2. The molecule has 0 radical (unpaired) electrons. The highest BCUT2D eigenvalue weighted by molar-refractivity contribution is 7.89. The van der Waals surface area contributed by atoms with Crippen LogP contribution < -0.4 is 4.72 Å². The molecule has 1 N–H and O–H groups in total. The maximum atomic E-state index is 12.7. The quantitative estimate of drug-likeness (QED) is 0.752. The molecule has 2 aromatic carbocycles. The van der Waals surface area contributed by atoms with E-state index in [0.717, 1.165) is 0 Å². The van der Waals surface area contributed by atoms with Crippen LogP contribution in [0.5, 0.6) is 0 Å². The molecule has 1 heterocycles. The van der Waals surface area contributed by atoms with Crippen LogP contribution >= 0.6 is 11.6 Å². The van der Waals surface area contributed by atoms with E-state index in [4.69, 9.17) is 16.0 Å². The Balaban J connectivity index is 2.01. The van der Waals surface area contributed by atoms with E-state index in [-0.39, 0.29) is 10.8 Å². The normalized spacial score (nSPS) is 12.9. The number of sulfonamides is 1. The van der Waals surface area contributed by atoms with E-state index in [9.17, 15) is 8.42 Å². The lowest BCUT2D eigenvalue weighted by Crippen LogP contribution is -2.29. The highest BCUT2D eigenvalue weighted by Gasteiger charge is 2.27. The first-order valence-electron chi connectivity index (χ1n) is 7.08. The maximum Gasteiger partial charge on any atom is 0.241 e. The van der Waals surface area contributed by atoms with Gasteiger partial charge in [0.15, 0.2) is 0 Å². The fourth-order valence-corrected chi connectivity index (χ4v) is 3.67. The molecule has 3 rings (SSSR count). The second kappa shape index (κ2) is 6.72. The molecule has 0 saturated heterocycles. The smallest absolute Gasteiger partial charge is 0.241 e. The van der Waals surface area contributed by atoms with Crippen molar-refractivity contribution in [1.82, 2.24) is 14.9 Å². The van der Waals surface area contributed by atoms with Crippen molar-refractivity contribution < 1.29 is 12.8 Å². The molecule has 1 aromatic heterocycles. The van der Waals surface area contributed by atoms with Crippen molar-refractivity contribution in [2.24, 2.45) is 0 Å². The topological polar surface area (TPSA) is 85.1 Å². The van der Waals surface area contributed by atoms with E-state index >= 15 is 0 Å². The van der Waals surface area contributed by atoms with Gasteiger partial charge in [0.25, 0.3) is 0 Å². The second-order valence-corrected chi connectivity index (χ2v) is 7.23. The molecule has 0 amide bonds. The van der Waals surface area contributed by atoms with Crippen molar-refractivity contribution in [2.45, 2.75) is 17.9 Å². The summed E-state index contributed by atoms with van der Waals surface area (Å²) < 4.78 is 33.4. The number of rotatable bonds is 5. The van der Waals surface area contributed by atoms with Gasteiger partial charge in [-0.15, -0.1) is 10.2 Å². The van der Waals surface area contributed by atoms with Crippen LogP contribution in [0, 0.1) is 6.92 Å². The van der Waals surface area contributed by atoms with Crippen molar-refractivity contribution in [2.75, 3.05) is 0 Å². The van der Waals surface area contributed by atoms with Crippen LogP contribution in [0.4, 0.5) is 0 Å². The summed E-state index contributed by atoms with van der Waals surface area (Å²) >= 11 is 5.89. The minimum absolute atomic E-state index is 0.0622. The zero-order valence-corrected chi connectivity index (χ0v) is 14.3. The summed E-state index contributed by atoms with van der Waals surface area (Å²) in [6.45, 7) is 1.64. The van der Waals surface area contributed by atoms with Gasteiger partial charge in [-0.2, -0.15) is 4.72 Å². The van der Waals surface area contributed by atoms with Gasteiger partial charge >= 0.3 is 0 Å². The van der Waals surface area contributed by atoms with Crippen molar-refractivity contribution in [3.8, 4) is 0 Å². The third kappa shape index (κ3) is 3.64. The van der Waals surface area contributed by atoms with E-state index in [1.165, 1.54) is 12.1 Å². The van der Waals surface area contributed by atoms with Crippen LogP contribution in [0.1, 0.15) is 23.4 Å². The lowest BCUT2D eigenvalue weighted by Gasteiger charge is -2.16. The number of halogens is 1. The van der Waals surface area contributed by atoms with Gasteiger partial charge in [-0.25, -0.2) is 8.42 Å². The van der Waals surface area contributed by atoms with E-state index in [1.54, 1.807) is 43.3 Å². The number of nitrogens with one attached hydrogen (secondary N) is 1. The van der Waals surface area contributed by atoms with Gasteiger partial charge < -0.3 is 4.42 Å². The Hall–Kier alpha value is -2.22. The molecule has 0 spiro atoms. The number of hydrogen-bond donors (Lipinski definition) is 1. The van der Waals surface area contributed by atoms with Crippen molar-refractivity contribution in [3.05, 3.63) is 77.0 Å². The monoisotopic (exact) mass is 363 g/mol. The number of hydrogen-bond acceptors (Lipinski definition) is 5. The molecule has 0 bridgehead atoms. The second-order valence-electron chi connectivity index (χ2n) is 5.08. The average Bonchev–Trinajstić information content (AvgIpc) is 3.00. The molecule has 3 aromatic rings. The molecule has 0 aliphatic heterocycles. The molecule has 8 heteroatoms. The van der Waals surface area contributed by atoms with Crippen molar-refractivity contribution >= 4 is 21.6 Å². The number of nitrogens with zero attached hydrogens (tertiary/aromatic N) is 2. The molecule has 0 saturated carbocycles. The molecule has 124 valence electrons. The summed E-state index contributed by atoms with van der Waals surface area (Å²) in [5.41, 5.74) is 0.687. The van der Waals surface area contributed by atoms with Gasteiger partial charge in [-0.05, 0) is 23.8 Å². The van der Waals surface area contributed by atoms with Gasteiger partial charge in [0.05, 0.1) is 4.90 Å². The third-order valence-electron chi connectivity index (χ3n) is 3.30. The Kier molecular flexibility index (Phi) is 4.66. The third-order valence-corrected chi connectivity index (χ3v) is 4.96. The first-order chi connectivity index (χ1) is 11.5. The fraction of sp³-hybridized carbons (Fsp3) is 0.125. The molecular weight excluding hydrogens is 350 g/mol. The first-order valence-corrected chi connectivity index (χ1v) is 8.95. The molecule has 6 nitrogen and oxygen atoms in total. The Morgan fingerprint density at radius 3 is 2.46 bits per heavy atom. The lowest BCUT2D eigenvalue weighted by atomic mass is 10.1. The Morgan fingerprint density at radius 1 is 1.08 bits per heavy atom. The lowest BCUT2D eigenvalue weighted by molar-refractivity contribution is 0.436. The molecule has 24 heavy (non-hydrogen) atoms. The van der Waals surface area contributed by atoms with Crippen molar-refractivity contribution in [1.29, 1.82) is 0 Å².